The standard InChI is InChI=1S/C18H20N2O6S/c1-19(2)27(24,25)16-8-13(11-26-16)17(21)20-9-14(15(10-20)18(22)23)12-6-4-3-5-7-12/h3-8,11,14-15H,9-10H2,1-2H3,(H,22,23). The summed E-state index contributed by atoms with van der Waals surface area (Å²) in [7, 11) is -1.06. The molecule has 8 nitrogen and oxygen atoms in total. The van der Waals surface area contributed by atoms with Crippen molar-refractivity contribution >= 4 is 21.9 Å². The fourth-order valence-electron chi connectivity index (χ4n) is 3.18. The third kappa shape index (κ3) is 3.60. The first-order valence-corrected chi connectivity index (χ1v) is 9.74. The Bertz CT molecular complexity index is 951. The number of rotatable bonds is 5. The van der Waals surface area contributed by atoms with Crippen molar-refractivity contribution in [2.45, 2.75) is 11.0 Å². The van der Waals surface area contributed by atoms with Crippen LogP contribution in [0.3, 0.4) is 0 Å². The average molecular weight is 392 g/mol. The summed E-state index contributed by atoms with van der Waals surface area (Å²) in [5, 5.41) is 9.22. The van der Waals surface area contributed by atoms with Crippen molar-refractivity contribution in [2.75, 3.05) is 27.2 Å². The number of amides is 1. The topological polar surface area (TPSA) is 108 Å². The molecule has 2 aromatic rings. The minimum Gasteiger partial charge on any atom is -0.481 e. The van der Waals surface area contributed by atoms with E-state index in [1.807, 2.05) is 30.3 Å². The van der Waals surface area contributed by atoms with Crippen molar-refractivity contribution in [3.63, 3.8) is 0 Å². The fraction of sp³-hybridized carbons (Fsp3) is 0.333. The molecule has 0 spiro atoms. The minimum atomic E-state index is -3.79. The molecule has 0 bridgehead atoms. The van der Waals surface area contributed by atoms with Crippen LogP contribution in [0.25, 0.3) is 0 Å². The summed E-state index contributed by atoms with van der Waals surface area (Å²) in [4.78, 5) is 25.8. The van der Waals surface area contributed by atoms with Gasteiger partial charge in [0, 0.05) is 39.2 Å². The average Bonchev–Trinajstić information content (AvgIpc) is 3.29. The van der Waals surface area contributed by atoms with Crippen LogP contribution < -0.4 is 0 Å². The SMILES string of the molecule is CN(C)S(=O)(=O)c1cc(C(=O)N2CC(C(=O)O)C(c3ccccc3)C2)co1. The highest BCUT2D eigenvalue weighted by Crippen LogP contribution is 2.34. The summed E-state index contributed by atoms with van der Waals surface area (Å²) in [5.41, 5.74) is 0.927. The molecule has 2 heterocycles. The molecule has 0 radical (unpaired) electrons. The van der Waals surface area contributed by atoms with Gasteiger partial charge in [-0.05, 0) is 5.56 Å². The molecule has 144 valence electrons. The van der Waals surface area contributed by atoms with Gasteiger partial charge in [-0.2, -0.15) is 0 Å². The number of carboxylic acid groups (broad SMARTS) is 1. The highest BCUT2D eigenvalue weighted by atomic mass is 32.2. The van der Waals surface area contributed by atoms with E-state index in [-0.39, 0.29) is 29.7 Å². The number of hydrogen-bond donors (Lipinski definition) is 1. The minimum absolute atomic E-state index is 0.0503. The van der Waals surface area contributed by atoms with Gasteiger partial charge in [0.25, 0.3) is 15.9 Å². The van der Waals surface area contributed by atoms with E-state index < -0.39 is 27.8 Å². The lowest BCUT2D eigenvalue weighted by Crippen LogP contribution is -2.29. The smallest absolute Gasteiger partial charge is 0.308 e. The van der Waals surface area contributed by atoms with Crippen LogP contribution in [0.4, 0.5) is 0 Å². The Balaban J connectivity index is 1.84. The maximum Gasteiger partial charge on any atom is 0.308 e. The Morgan fingerprint density at radius 2 is 1.85 bits per heavy atom. The molecular weight excluding hydrogens is 372 g/mol. The predicted molar refractivity (Wildman–Crippen MR) is 95.8 cm³/mol. The molecule has 0 aliphatic carbocycles. The summed E-state index contributed by atoms with van der Waals surface area (Å²) in [5.74, 6) is -2.48. The van der Waals surface area contributed by atoms with Gasteiger partial charge < -0.3 is 14.4 Å². The Morgan fingerprint density at radius 3 is 2.44 bits per heavy atom. The molecule has 1 aliphatic heterocycles. The van der Waals surface area contributed by atoms with Gasteiger partial charge in [0.2, 0.25) is 5.09 Å². The quantitative estimate of drug-likeness (QED) is 0.826. The summed E-state index contributed by atoms with van der Waals surface area (Å²) in [6.45, 7) is 0.287. The highest BCUT2D eigenvalue weighted by molar-refractivity contribution is 7.88. The van der Waals surface area contributed by atoms with Crippen LogP contribution in [-0.4, -0.2) is 61.8 Å². The van der Waals surface area contributed by atoms with Crippen molar-refractivity contribution in [1.82, 2.24) is 9.21 Å². The van der Waals surface area contributed by atoms with Crippen LogP contribution >= 0.6 is 0 Å². The lowest BCUT2D eigenvalue weighted by atomic mass is 9.89. The van der Waals surface area contributed by atoms with Crippen molar-refractivity contribution in [3.8, 4) is 0 Å². The van der Waals surface area contributed by atoms with Crippen LogP contribution in [0, 0.1) is 5.92 Å². The van der Waals surface area contributed by atoms with E-state index in [1.54, 1.807) is 0 Å². The van der Waals surface area contributed by atoms with E-state index in [1.165, 1.54) is 25.1 Å². The fourth-order valence-corrected chi connectivity index (χ4v) is 3.99. The van der Waals surface area contributed by atoms with Crippen LogP contribution in [0.15, 0.2) is 52.2 Å². The zero-order chi connectivity index (χ0) is 19.8. The van der Waals surface area contributed by atoms with Crippen LogP contribution in [0.2, 0.25) is 0 Å². The third-order valence-corrected chi connectivity index (χ3v) is 6.39. The Morgan fingerprint density at radius 1 is 1.19 bits per heavy atom. The Kier molecular flexibility index (Phi) is 5.07. The molecule has 1 amide bonds. The number of carbonyl (C=O) groups is 2. The molecule has 27 heavy (non-hydrogen) atoms. The zero-order valence-corrected chi connectivity index (χ0v) is 15.7. The maximum atomic E-state index is 12.8. The summed E-state index contributed by atoms with van der Waals surface area (Å²) in [6, 6.07) is 10.3. The summed E-state index contributed by atoms with van der Waals surface area (Å²) in [6.07, 6.45) is 1.09. The molecular formula is C18H20N2O6S. The van der Waals surface area contributed by atoms with Gasteiger partial charge in [0.05, 0.1) is 11.5 Å². The van der Waals surface area contributed by atoms with Crippen LogP contribution in [-0.2, 0) is 14.8 Å². The molecule has 2 atom stereocenters. The lowest BCUT2D eigenvalue weighted by Gasteiger charge is -2.15. The second kappa shape index (κ2) is 7.16. The largest absolute Gasteiger partial charge is 0.481 e. The number of aliphatic carboxylic acids is 1. The van der Waals surface area contributed by atoms with Crippen LogP contribution in [0.1, 0.15) is 21.8 Å². The van der Waals surface area contributed by atoms with Crippen molar-refractivity contribution in [3.05, 3.63) is 53.8 Å². The van der Waals surface area contributed by atoms with Crippen molar-refractivity contribution in [2.24, 2.45) is 5.92 Å². The Labute approximate surface area is 157 Å². The van der Waals surface area contributed by atoms with E-state index in [0.29, 0.717) is 0 Å². The van der Waals surface area contributed by atoms with E-state index >= 15 is 0 Å². The molecule has 3 rings (SSSR count). The van der Waals surface area contributed by atoms with Gasteiger partial charge in [0.15, 0.2) is 0 Å². The van der Waals surface area contributed by atoms with Gasteiger partial charge >= 0.3 is 5.97 Å². The first-order chi connectivity index (χ1) is 12.7. The van der Waals surface area contributed by atoms with E-state index in [0.717, 1.165) is 16.1 Å². The molecule has 2 unspecified atom stereocenters. The molecule has 0 saturated carbocycles. The number of likely N-dealkylation sites (tertiary alicyclic amines) is 1. The number of benzene rings is 1. The van der Waals surface area contributed by atoms with Gasteiger partial charge in [-0.25, -0.2) is 12.7 Å². The number of nitrogens with zero attached hydrogens (tertiary/aromatic N) is 2. The molecule has 9 heteroatoms. The highest BCUT2D eigenvalue weighted by Gasteiger charge is 2.41. The normalized spacial score (nSPS) is 20.2. The zero-order valence-electron chi connectivity index (χ0n) is 14.9. The second-order valence-electron chi connectivity index (χ2n) is 6.61. The molecule has 1 aromatic carbocycles. The van der Waals surface area contributed by atoms with Gasteiger partial charge in [-0.1, -0.05) is 30.3 Å². The van der Waals surface area contributed by atoms with Gasteiger partial charge in [-0.15, -0.1) is 0 Å². The number of furan rings is 1. The van der Waals surface area contributed by atoms with E-state index in [9.17, 15) is 23.1 Å². The monoisotopic (exact) mass is 392 g/mol. The number of sulfonamides is 1. The van der Waals surface area contributed by atoms with Crippen molar-refractivity contribution in [1.29, 1.82) is 0 Å². The summed E-state index contributed by atoms with van der Waals surface area (Å²) >= 11 is 0. The molecule has 1 aliphatic rings. The van der Waals surface area contributed by atoms with E-state index in [2.05, 4.69) is 0 Å². The molecule has 1 saturated heterocycles. The lowest BCUT2D eigenvalue weighted by molar-refractivity contribution is -0.141. The number of hydrogen-bond acceptors (Lipinski definition) is 5. The Hall–Kier alpha value is -2.65. The molecule has 1 fully saturated rings. The number of carboxylic acids is 1. The van der Waals surface area contributed by atoms with Crippen LogP contribution in [0.5, 0.6) is 0 Å². The molecule has 1 N–H and O–H groups in total. The third-order valence-electron chi connectivity index (χ3n) is 4.71. The van der Waals surface area contributed by atoms with Gasteiger partial charge in [0.1, 0.15) is 6.26 Å². The van der Waals surface area contributed by atoms with E-state index in [4.69, 9.17) is 4.42 Å². The maximum absolute atomic E-state index is 12.8. The first-order valence-electron chi connectivity index (χ1n) is 8.30. The number of carbonyl (C=O) groups excluding carboxylic acids is 1. The second-order valence-corrected chi connectivity index (χ2v) is 8.70. The summed E-state index contributed by atoms with van der Waals surface area (Å²) < 4.78 is 30.2. The van der Waals surface area contributed by atoms with Gasteiger partial charge in [-0.3, -0.25) is 9.59 Å². The van der Waals surface area contributed by atoms with Crippen molar-refractivity contribution < 1.29 is 27.5 Å². The predicted octanol–water partition coefficient (Wildman–Crippen LogP) is 1.47. The molecule has 1 aromatic heterocycles. The first kappa shape index (κ1) is 19.1.